The Kier molecular flexibility index (Phi) is 11.7. The normalized spacial score (nSPS) is 22.9. The molecule has 0 amide bonds. The van der Waals surface area contributed by atoms with Gasteiger partial charge in [-0.25, -0.2) is 29.9 Å². The summed E-state index contributed by atoms with van der Waals surface area (Å²) in [5, 5.41) is 1.41. The fourth-order valence-corrected chi connectivity index (χ4v) is 12.1. The molecule has 5 aromatic carbocycles. The number of aromatic nitrogens is 8. The molecule has 8 heterocycles. The quantitative estimate of drug-likeness (QED) is 0.160. The van der Waals surface area contributed by atoms with E-state index in [1.54, 1.807) is 43.0 Å². The van der Waals surface area contributed by atoms with Gasteiger partial charge in [0.25, 0.3) is 0 Å². The number of nitrogens with one attached hydrogen (secondary N) is 2. The lowest BCUT2D eigenvalue weighted by Gasteiger charge is -2.27. The van der Waals surface area contributed by atoms with E-state index in [2.05, 4.69) is 22.1 Å². The third-order valence-corrected chi connectivity index (χ3v) is 16.7. The molecule has 13 rings (SSSR count). The monoisotopic (exact) mass is 918 g/mol. The molecule has 2 N–H and O–H groups in total. The number of hydrogen-bond donors (Lipinski definition) is 2. The third kappa shape index (κ3) is 7.37. The summed E-state index contributed by atoms with van der Waals surface area (Å²) in [4.78, 5) is 38.0. The summed E-state index contributed by atoms with van der Waals surface area (Å²) >= 11 is 0. The lowest BCUT2D eigenvalue weighted by atomic mass is 9.38. The molecule has 5 aliphatic rings. The van der Waals surface area contributed by atoms with Gasteiger partial charge in [-0.15, -0.1) is 32.8 Å². The van der Waals surface area contributed by atoms with Crippen molar-refractivity contribution in [1.29, 1.82) is 0 Å². The third-order valence-electron chi connectivity index (χ3n) is 16.7. The van der Waals surface area contributed by atoms with E-state index in [0.717, 1.165) is 55.1 Å². The van der Waals surface area contributed by atoms with Crippen molar-refractivity contribution < 1.29 is 4.74 Å². The number of fused-ring (bicyclic) bond motifs is 20. The van der Waals surface area contributed by atoms with E-state index in [0.29, 0.717) is 82.0 Å². The van der Waals surface area contributed by atoms with Gasteiger partial charge in [0.15, 0.2) is 23.3 Å². The highest BCUT2D eigenvalue weighted by atomic mass is 16.5. The number of rotatable bonds is 14. The minimum absolute atomic E-state index is 0.106. The molecule has 27 heteroatoms. The summed E-state index contributed by atoms with van der Waals surface area (Å²) in [5.41, 5.74) is 7.79. The molecule has 0 aliphatic carbocycles. The molecule has 74 heavy (non-hydrogen) atoms. The van der Waals surface area contributed by atoms with Crippen LogP contribution in [0, 0.1) is 0 Å². The maximum Gasteiger partial charge on any atom is 0.164 e. The number of ether oxygens (including phenoxy) is 1. The highest BCUT2D eigenvalue weighted by Gasteiger charge is 2.61. The molecule has 24 radical (unpaired) electrons. The fraction of sp³-hybridized carbons (Fsp3) is 0.191. The summed E-state index contributed by atoms with van der Waals surface area (Å²) in [7, 11) is 67.9. The number of benzene rings is 5. The summed E-state index contributed by atoms with van der Waals surface area (Å²) in [5.74, 6) is 3.08. The van der Waals surface area contributed by atoms with Gasteiger partial charge >= 0.3 is 0 Å². The molecular weight excluding hydrogens is 889 g/mol. The molecule has 6 atom stereocenters. The van der Waals surface area contributed by atoms with Crippen LogP contribution in [0.1, 0.15) is 16.7 Å². The van der Waals surface area contributed by atoms with E-state index < -0.39 is 15.6 Å². The molecule has 316 valence electrons. The van der Waals surface area contributed by atoms with E-state index in [-0.39, 0.29) is 37.0 Å². The van der Waals surface area contributed by atoms with Gasteiger partial charge in [-0.3, -0.25) is 0 Å². The lowest BCUT2D eigenvalue weighted by Crippen LogP contribution is -2.20. The number of hydrogen-bond acceptors (Lipinski definition) is 7. The van der Waals surface area contributed by atoms with E-state index in [1.807, 2.05) is 91.0 Å². The van der Waals surface area contributed by atoms with E-state index >= 15 is 0 Å². The first-order chi connectivity index (χ1) is 36.0. The van der Waals surface area contributed by atoms with Crippen LogP contribution in [0.2, 0.25) is 32.8 Å². The first-order valence-electron chi connectivity index (χ1n) is 24.7. The van der Waals surface area contributed by atoms with Crippen LogP contribution in [0.5, 0.6) is 11.5 Å². The molecule has 0 spiro atoms. The first-order valence-corrected chi connectivity index (χ1v) is 24.7. The van der Waals surface area contributed by atoms with Crippen LogP contribution in [0.15, 0.2) is 103 Å². The van der Waals surface area contributed by atoms with Crippen LogP contribution >= 0.6 is 0 Å². The maximum atomic E-state index is 7.25. The average molecular weight is 917 g/mol. The van der Waals surface area contributed by atoms with Crippen molar-refractivity contribution >= 4 is 177 Å². The molecular formula is C47H28B18N8O. The molecule has 6 unspecified atom stereocenters. The minimum Gasteiger partial charge on any atom is -0.457 e. The Hall–Kier alpha value is -5.57. The lowest BCUT2D eigenvalue weighted by molar-refractivity contribution is 0.468. The summed E-state index contributed by atoms with van der Waals surface area (Å²) in [6, 6.07) is 33.9. The van der Waals surface area contributed by atoms with E-state index in [9.17, 15) is 0 Å². The Morgan fingerprint density at radius 2 is 0.811 bits per heavy atom. The minimum atomic E-state index is -0.652. The van der Waals surface area contributed by atoms with Crippen molar-refractivity contribution in [3.8, 4) is 57.1 Å². The van der Waals surface area contributed by atoms with Crippen molar-refractivity contribution in [2.75, 3.05) is 0 Å². The van der Waals surface area contributed by atoms with Gasteiger partial charge in [0.1, 0.15) is 34.1 Å². The molecule has 3 aromatic heterocycles. The highest BCUT2D eigenvalue weighted by Crippen LogP contribution is 2.65. The van der Waals surface area contributed by atoms with Crippen LogP contribution in [0.25, 0.3) is 89.7 Å². The van der Waals surface area contributed by atoms with Gasteiger partial charge < -0.3 is 14.7 Å². The second-order valence-electron chi connectivity index (χ2n) is 20.4. The predicted molar refractivity (Wildman–Crippen MR) is 317 cm³/mol. The second kappa shape index (κ2) is 18.0. The van der Waals surface area contributed by atoms with Crippen molar-refractivity contribution in [1.82, 2.24) is 39.9 Å². The smallest absolute Gasteiger partial charge is 0.164 e. The summed E-state index contributed by atoms with van der Waals surface area (Å²) in [6.07, 6.45) is 1.32. The Morgan fingerprint density at radius 1 is 0.446 bits per heavy atom. The van der Waals surface area contributed by atoms with Gasteiger partial charge in [0, 0.05) is 135 Å². The van der Waals surface area contributed by atoms with Crippen molar-refractivity contribution in [2.24, 2.45) is 0 Å². The largest absolute Gasteiger partial charge is 0.457 e. The Morgan fingerprint density at radius 3 is 1.19 bits per heavy atom. The average Bonchev–Trinajstić information content (AvgIpc) is 4.06. The van der Waals surface area contributed by atoms with Crippen LogP contribution in [0.3, 0.4) is 0 Å². The van der Waals surface area contributed by atoms with E-state index in [1.165, 1.54) is 0 Å². The number of aromatic amines is 2. The van der Waals surface area contributed by atoms with Crippen LogP contribution in [0.4, 0.5) is 0 Å². The molecule has 8 aromatic rings. The maximum absolute atomic E-state index is 7.25. The number of nitrogens with zero attached hydrogens (tertiary/aromatic N) is 6. The van der Waals surface area contributed by atoms with Crippen LogP contribution in [-0.2, 0) is 19.3 Å². The number of H-pyrrole nitrogens is 2. The van der Waals surface area contributed by atoms with Crippen molar-refractivity contribution in [3.63, 3.8) is 0 Å². The van der Waals surface area contributed by atoms with Crippen molar-refractivity contribution in [2.45, 2.75) is 52.1 Å². The molecule has 9 nitrogen and oxygen atoms in total. The topological polar surface area (TPSA) is 118 Å². The van der Waals surface area contributed by atoms with Crippen molar-refractivity contribution in [3.05, 3.63) is 120 Å². The van der Waals surface area contributed by atoms with Crippen LogP contribution < -0.4 is 4.74 Å². The summed E-state index contributed by atoms with van der Waals surface area (Å²) < 4.78 is 7.25. The van der Waals surface area contributed by atoms with Gasteiger partial charge in [-0.05, 0) is 54.2 Å². The SMILES string of the molecule is [B][11B]C1[11B]([B])C1([11B][B])Cc1cc(CC2([11B][B])[11B]([B])C2[11B][B])c(Oc2ccc3c4nc5nc(nc6[nH]c(nc7nc(nc([nH]4)c3c2)-c2ccccc2-7)c2ccccc62)-c2ccccc2-5)c(CC2([11B][B])[11B]([B])C2[11B][B])c1. The zero-order valence-corrected chi connectivity index (χ0v) is 40.2. The molecule has 0 saturated carbocycles. The summed E-state index contributed by atoms with van der Waals surface area (Å²) in [6.45, 7) is -0.894. The predicted octanol–water partition coefficient (Wildman–Crippen LogP) is 3.61. The second-order valence-corrected chi connectivity index (χ2v) is 20.4. The van der Waals surface area contributed by atoms with Gasteiger partial charge in [-0.2, -0.15) is 0 Å². The van der Waals surface area contributed by atoms with Crippen LogP contribution in [-0.4, -0.2) is 172 Å². The molecule has 5 aliphatic heterocycles. The Bertz CT molecular complexity index is 3740. The highest BCUT2D eigenvalue weighted by molar-refractivity contribution is 7.30. The Labute approximate surface area is 447 Å². The zero-order chi connectivity index (χ0) is 50.8. The molecule has 3 saturated heterocycles. The molecule has 3 fully saturated rings. The standard InChI is InChI=1S/C47H28B18N8O/c48-57-42-45(60-51,63(42)54)18-21-15-22(19-46(61-52)43(58-49)64(46)55)33(23(16-21)20-47(62-53)44(59-50)65(47)56)74-24-13-14-31-32(17-24)41-72-39-30-12-6-5-11-29(30)37(70-39)68-35-26-8-2-1-7-25(26)34(66-35)67-36-27-9-3-4-10-28(27)38(69-36)71-40(31)73-41/h1-17,42-44H,18-20H2,(H2,66,67,68,69,70,71,72,73)/i57+0,58+0,59+0,60+0,61+0,62+0,63+0,64+0,65+0. The van der Waals surface area contributed by atoms with Gasteiger partial charge in [0.2, 0.25) is 0 Å². The fourth-order valence-electron chi connectivity index (χ4n) is 12.1. The van der Waals surface area contributed by atoms with E-state index in [4.69, 9.17) is 104 Å². The Balaban J connectivity index is 1.03. The van der Waals surface area contributed by atoms with Gasteiger partial charge in [-0.1, -0.05) is 84.9 Å². The van der Waals surface area contributed by atoms with Gasteiger partial charge in [0.05, 0.1) is 41.3 Å². The first kappa shape index (κ1) is 48.1. The zero-order valence-electron chi connectivity index (χ0n) is 40.2. The molecule has 8 bridgehead atoms.